The van der Waals surface area contributed by atoms with E-state index in [2.05, 4.69) is 10.3 Å². The van der Waals surface area contributed by atoms with E-state index < -0.39 is 27.8 Å². The zero-order valence-electron chi connectivity index (χ0n) is 9.80. The van der Waals surface area contributed by atoms with Crippen LogP contribution in [-0.2, 0) is 0 Å². The number of pyridine rings is 1. The third-order valence-corrected chi connectivity index (χ3v) is 2.42. The molecule has 1 aromatic carbocycles. The summed E-state index contributed by atoms with van der Waals surface area (Å²) in [6.45, 7) is 0. The Labute approximate surface area is 111 Å². The summed E-state index contributed by atoms with van der Waals surface area (Å²) >= 11 is 0. The molecule has 0 bridgehead atoms. The van der Waals surface area contributed by atoms with E-state index in [1.807, 2.05) is 0 Å². The first-order valence-electron chi connectivity index (χ1n) is 5.27. The second-order valence-corrected chi connectivity index (χ2v) is 3.70. The average molecular weight is 276 g/mol. The van der Waals surface area contributed by atoms with Gasteiger partial charge in [-0.15, -0.1) is 0 Å². The Balaban J connectivity index is 2.57. The number of rotatable bonds is 3. The zero-order chi connectivity index (χ0) is 14.7. The molecule has 0 fully saturated rings. The maximum atomic E-state index is 13.5. The highest BCUT2D eigenvalue weighted by Crippen LogP contribution is 2.32. The number of halogens is 2. The van der Waals surface area contributed by atoms with Crippen molar-refractivity contribution in [3.05, 3.63) is 57.9 Å². The molecular formula is C12H6F2N4O2. The number of nitro benzene ring substituents is 1. The lowest BCUT2D eigenvalue weighted by molar-refractivity contribution is -0.384. The third-order valence-electron chi connectivity index (χ3n) is 2.42. The van der Waals surface area contributed by atoms with Crippen LogP contribution < -0.4 is 5.32 Å². The topological polar surface area (TPSA) is 91.8 Å². The highest BCUT2D eigenvalue weighted by Gasteiger charge is 2.21. The lowest BCUT2D eigenvalue weighted by Gasteiger charge is -2.09. The van der Waals surface area contributed by atoms with Crippen LogP contribution >= 0.6 is 0 Å². The predicted octanol–water partition coefficient (Wildman–Crippen LogP) is 2.88. The third kappa shape index (κ3) is 2.51. The molecule has 0 unspecified atom stereocenters. The molecule has 0 radical (unpaired) electrons. The van der Waals surface area contributed by atoms with Gasteiger partial charge in [-0.25, -0.2) is 8.78 Å². The summed E-state index contributed by atoms with van der Waals surface area (Å²) in [5, 5.41) is 22.2. The van der Waals surface area contributed by atoms with Gasteiger partial charge in [-0.1, -0.05) is 0 Å². The number of nitrogens with zero attached hydrogens (tertiary/aromatic N) is 3. The summed E-state index contributed by atoms with van der Waals surface area (Å²) in [4.78, 5) is 13.7. The SMILES string of the molecule is N#Cc1c(F)ccc([N+](=O)[O-])c1Nc1cncc(F)c1. The molecule has 0 amide bonds. The van der Waals surface area contributed by atoms with Crippen LogP contribution in [0.4, 0.5) is 25.8 Å². The molecule has 20 heavy (non-hydrogen) atoms. The van der Waals surface area contributed by atoms with E-state index in [0.717, 1.165) is 24.4 Å². The Hall–Kier alpha value is -3.08. The highest BCUT2D eigenvalue weighted by molar-refractivity contribution is 5.75. The first kappa shape index (κ1) is 13.4. The molecule has 100 valence electrons. The van der Waals surface area contributed by atoms with Gasteiger partial charge in [0.05, 0.1) is 23.0 Å². The quantitative estimate of drug-likeness (QED) is 0.687. The van der Waals surface area contributed by atoms with Crippen molar-refractivity contribution in [1.82, 2.24) is 4.98 Å². The van der Waals surface area contributed by atoms with Crippen molar-refractivity contribution in [2.75, 3.05) is 5.32 Å². The van der Waals surface area contributed by atoms with Crippen molar-refractivity contribution in [3.63, 3.8) is 0 Å². The molecular weight excluding hydrogens is 270 g/mol. The van der Waals surface area contributed by atoms with Gasteiger partial charge < -0.3 is 5.32 Å². The van der Waals surface area contributed by atoms with Crippen LogP contribution in [0, 0.1) is 33.1 Å². The van der Waals surface area contributed by atoms with Gasteiger partial charge in [-0.05, 0) is 6.07 Å². The molecule has 2 aromatic rings. The number of hydrogen-bond donors (Lipinski definition) is 1. The van der Waals surface area contributed by atoms with E-state index in [4.69, 9.17) is 5.26 Å². The van der Waals surface area contributed by atoms with Crippen LogP contribution in [0.5, 0.6) is 0 Å². The minimum absolute atomic E-state index is 0.0650. The van der Waals surface area contributed by atoms with Gasteiger partial charge in [-0.3, -0.25) is 15.1 Å². The molecule has 0 aliphatic heterocycles. The fourth-order valence-electron chi connectivity index (χ4n) is 1.58. The Kier molecular flexibility index (Phi) is 3.52. The fraction of sp³-hybridized carbons (Fsp3) is 0. The Morgan fingerprint density at radius 1 is 1.35 bits per heavy atom. The molecule has 0 saturated carbocycles. The average Bonchev–Trinajstić information content (AvgIpc) is 2.38. The number of anilines is 2. The maximum absolute atomic E-state index is 13.5. The summed E-state index contributed by atoms with van der Waals surface area (Å²) in [6.07, 6.45) is 2.13. The summed E-state index contributed by atoms with van der Waals surface area (Å²) in [7, 11) is 0. The lowest BCUT2D eigenvalue weighted by Crippen LogP contribution is -2.02. The fourth-order valence-corrected chi connectivity index (χ4v) is 1.58. The monoisotopic (exact) mass is 276 g/mol. The molecule has 8 heteroatoms. The van der Waals surface area contributed by atoms with Crippen LogP contribution in [0.2, 0.25) is 0 Å². The van der Waals surface area contributed by atoms with Gasteiger partial charge in [0.25, 0.3) is 5.69 Å². The number of hydrogen-bond acceptors (Lipinski definition) is 5. The van der Waals surface area contributed by atoms with Crippen molar-refractivity contribution in [1.29, 1.82) is 5.26 Å². The van der Waals surface area contributed by atoms with Crippen molar-refractivity contribution >= 4 is 17.1 Å². The van der Waals surface area contributed by atoms with E-state index >= 15 is 0 Å². The smallest absolute Gasteiger partial charge is 0.294 e. The Morgan fingerprint density at radius 3 is 2.70 bits per heavy atom. The maximum Gasteiger partial charge on any atom is 0.294 e. The van der Waals surface area contributed by atoms with Crippen LogP contribution in [0.3, 0.4) is 0 Å². The van der Waals surface area contributed by atoms with Gasteiger partial charge in [0.1, 0.15) is 29.0 Å². The van der Waals surface area contributed by atoms with Gasteiger partial charge in [-0.2, -0.15) is 5.26 Å². The van der Waals surface area contributed by atoms with Crippen LogP contribution in [0.25, 0.3) is 0 Å². The zero-order valence-corrected chi connectivity index (χ0v) is 9.80. The van der Waals surface area contributed by atoms with Crippen molar-refractivity contribution in [3.8, 4) is 6.07 Å². The molecule has 6 nitrogen and oxygen atoms in total. The Bertz CT molecular complexity index is 728. The van der Waals surface area contributed by atoms with E-state index in [1.54, 1.807) is 0 Å². The largest absolute Gasteiger partial charge is 0.347 e. The second kappa shape index (κ2) is 5.27. The van der Waals surface area contributed by atoms with E-state index in [9.17, 15) is 18.9 Å². The van der Waals surface area contributed by atoms with Crippen LogP contribution in [-0.4, -0.2) is 9.91 Å². The normalized spacial score (nSPS) is 9.85. The molecule has 0 saturated heterocycles. The van der Waals surface area contributed by atoms with Crippen LogP contribution in [0.1, 0.15) is 5.56 Å². The minimum Gasteiger partial charge on any atom is -0.347 e. The van der Waals surface area contributed by atoms with Crippen molar-refractivity contribution in [2.45, 2.75) is 0 Å². The number of aromatic nitrogens is 1. The minimum atomic E-state index is -0.912. The van der Waals surface area contributed by atoms with Crippen molar-refractivity contribution in [2.24, 2.45) is 0 Å². The summed E-state index contributed by atoms with van der Waals surface area (Å²) in [5.74, 6) is -1.59. The molecule has 0 aliphatic rings. The standard InChI is InChI=1S/C12H6F2N4O2/c13-7-3-8(6-16-5-7)17-12-9(4-15)10(14)1-2-11(12)18(19)20/h1-3,5-6,17H. The van der Waals surface area contributed by atoms with E-state index in [0.29, 0.717) is 0 Å². The second-order valence-electron chi connectivity index (χ2n) is 3.70. The Morgan fingerprint density at radius 2 is 2.10 bits per heavy atom. The molecule has 0 atom stereocenters. The number of nitro groups is 1. The first-order chi connectivity index (χ1) is 9.52. The van der Waals surface area contributed by atoms with Crippen LogP contribution in [0.15, 0.2) is 30.6 Å². The lowest BCUT2D eigenvalue weighted by atomic mass is 10.1. The first-order valence-corrected chi connectivity index (χ1v) is 5.27. The summed E-state index contributed by atoms with van der Waals surface area (Å²) < 4.78 is 26.5. The summed E-state index contributed by atoms with van der Waals surface area (Å²) in [6, 6.07) is 4.30. The molecule has 1 N–H and O–H groups in total. The highest BCUT2D eigenvalue weighted by atomic mass is 19.1. The number of benzene rings is 1. The number of nitriles is 1. The van der Waals surface area contributed by atoms with Crippen molar-refractivity contribution < 1.29 is 13.7 Å². The van der Waals surface area contributed by atoms with E-state index in [1.165, 1.54) is 12.3 Å². The van der Waals surface area contributed by atoms with Gasteiger partial charge in [0.15, 0.2) is 0 Å². The molecule has 1 heterocycles. The van der Waals surface area contributed by atoms with Gasteiger partial charge in [0.2, 0.25) is 0 Å². The summed E-state index contributed by atoms with van der Waals surface area (Å²) in [5.41, 5.74) is -1.30. The molecule has 0 spiro atoms. The predicted molar refractivity (Wildman–Crippen MR) is 65.2 cm³/mol. The van der Waals surface area contributed by atoms with E-state index in [-0.39, 0.29) is 11.4 Å². The molecule has 1 aromatic heterocycles. The molecule has 0 aliphatic carbocycles. The van der Waals surface area contributed by atoms with Gasteiger partial charge >= 0.3 is 0 Å². The number of nitrogens with one attached hydrogen (secondary N) is 1. The molecule has 2 rings (SSSR count). The van der Waals surface area contributed by atoms with Gasteiger partial charge in [0, 0.05) is 12.1 Å².